The molecule has 0 saturated heterocycles. The number of aromatic amines is 2. The molecule has 0 atom stereocenters. The van der Waals surface area contributed by atoms with E-state index in [-0.39, 0.29) is 0 Å². The monoisotopic (exact) mass is 474 g/mol. The molecule has 0 bridgehead atoms. The quantitative estimate of drug-likeness (QED) is 0.251. The van der Waals surface area contributed by atoms with Crippen molar-refractivity contribution in [3.05, 3.63) is 138 Å². The van der Waals surface area contributed by atoms with Crippen LogP contribution in [0.2, 0.25) is 0 Å². The maximum Gasteiger partial charge on any atom is 0.0467 e. The maximum atomic E-state index is 4.48. The summed E-state index contributed by atoms with van der Waals surface area (Å²) >= 11 is 0. The van der Waals surface area contributed by atoms with E-state index in [2.05, 4.69) is 138 Å². The minimum absolute atomic E-state index is 0.842. The molecule has 0 radical (unpaired) electrons. The predicted molar refractivity (Wildman–Crippen MR) is 158 cm³/mol. The molecule has 1 aliphatic rings. The number of H-pyrrole nitrogens is 2. The van der Waals surface area contributed by atoms with Crippen LogP contribution in [0.25, 0.3) is 61.8 Å². The lowest BCUT2D eigenvalue weighted by atomic mass is 9.96. The highest BCUT2D eigenvalue weighted by Gasteiger charge is 2.15. The van der Waals surface area contributed by atoms with E-state index in [0.717, 1.165) is 40.0 Å². The minimum Gasteiger partial charge on any atom is -0.355 e. The Balaban J connectivity index is 1.33. The molecule has 2 nitrogen and oxygen atoms in total. The highest BCUT2D eigenvalue weighted by molar-refractivity contribution is 6.01. The molecule has 0 aliphatic heterocycles. The van der Waals surface area contributed by atoms with Crippen LogP contribution in [-0.4, -0.2) is 9.97 Å². The van der Waals surface area contributed by atoms with Crippen LogP contribution in [0.3, 0.4) is 0 Å². The molecule has 2 heterocycles. The van der Waals surface area contributed by atoms with Crippen molar-refractivity contribution in [2.24, 2.45) is 0 Å². The van der Waals surface area contributed by atoms with Crippen molar-refractivity contribution < 1.29 is 0 Å². The summed E-state index contributed by atoms with van der Waals surface area (Å²) < 4.78 is 0. The number of hydrogen-bond donors (Lipinski definition) is 2. The molecule has 0 amide bonds. The van der Waals surface area contributed by atoms with E-state index in [1.165, 1.54) is 38.6 Å². The van der Waals surface area contributed by atoms with Gasteiger partial charge in [-0.25, -0.2) is 0 Å². The largest absolute Gasteiger partial charge is 0.355 e. The first-order valence-electron chi connectivity index (χ1n) is 12.7. The van der Waals surface area contributed by atoms with Gasteiger partial charge in [0.2, 0.25) is 0 Å². The molecular weight excluding hydrogens is 448 g/mol. The van der Waals surface area contributed by atoms with Crippen LogP contribution in [0, 0.1) is 0 Å². The SMILES string of the molecule is C=C1/C=C\c2[nH]c3ccc(-c4ccccc4)cc3c2C/C=C\c2[nH]c3ccc(-c4ccccc4)cc3c21. The summed E-state index contributed by atoms with van der Waals surface area (Å²) in [7, 11) is 0. The topological polar surface area (TPSA) is 31.6 Å². The fourth-order valence-electron chi connectivity index (χ4n) is 5.50. The van der Waals surface area contributed by atoms with Gasteiger partial charge in [0.1, 0.15) is 0 Å². The Morgan fingerprint density at radius 2 is 1.14 bits per heavy atom. The van der Waals surface area contributed by atoms with E-state index in [9.17, 15) is 0 Å². The number of nitrogens with one attached hydrogen (secondary N) is 2. The van der Waals surface area contributed by atoms with Gasteiger partial charge in [-0.2, -0.15) is 0 Å². The Labute approximate surface area is 216 Å². The van der Waals surface area contributed by atoms with Crippen molar-refractivity contribution in [1.29, 1.82) is 0 Å². The fourth-order valence-corrected chi connectivity index (χ4v) is 5.50. The zero-order chi connectivity index (χ0) is 24.8. The molecule has 6 aromatic rings. The van der Waals surface area contributed by atoms with E-state index < -0.39 is 0 Å². The molecule has 0 fully saturated rings. The molecule has 0 spiro atoms. The molecule has 37 heavy (non-hydrogen) atoms. The lowest BCUT2D eigenvalue weighted by molar-refractivity contribution is 1.26. The van der Waals surface area contributed by atoms with E-state index in [1.807, 2.05) is 0 Å². The van der Waals surface area contributed by atoms with Gasteiger partial charge in [0.05, 0.1) is 0 Å². The Morgan fingerprint density at radius 1 is 0.541 bits per heavy atom. The average Bonchev–Trinajstić information content (AvgIpc) is 3.49. The first-order valence-corrected chi connectivity index (χ1v) is 12.7. The summed E-state index contributed by atoms with van der Waals surface area (Å²) in [5, 5.41) is 2.46. The third-order valence-electron chi connectivity index (χ3n) is 7.36. The Morgan fingerprint density at radius 3 is 1.81 bits per heavy atom. The molecule has 0 unspecified atom stereocenters. The van der Waals surface area contributed by atoms with Crippen LogP contribution in [-0.2, 0) is 6.42 Å². The highest BCUT2D eigenvalue weighted by Crippen LogP contribution is 2.35. The van der Waals surface area contributed by atoms with Gasteiger partial charge in [-0.05, 0) is 76.2 Å². The van der Waals surface area contributed by atoms with Gasteiger partial charge in [-0.3, -0.25) is 0 Å². The third kappa shape index (κ3) is 3.75. The van der Waals surface area contributed by atoms with Crippen LogP contribution < -0.4 is 0 Å². The number of aromatic nitrogens is 2. The van der Waals surface area contributed by atoms with Crippen molar-refractivity contribution in [3.63, 3.8) is 0 Å². The standard InChI is InChI=1S/C35H26N2/c1-23-15-18-31-28(29-21-26(16-19-32(29)36-31)24-9-4-2-5-10-24)13-8-14-34-35(23)30-22-27(17-20-33(30)37-34)25-11-6-3-7-12-25/h2-12,14-22,36-37H,1,13H2/b14-8-,18-15-. The molecular formula is C35H26N2. The number of hydrogen-bond acceptors (Lipinski definition) is 0. The smallest absolute Gasteiger partial charge is 0.0467 e. The molecule has 4 aromatic carbocycles. The second-order valence-corrected chi connectivity index (χ2v) is 9.65. The summed E-state index contributed by atoms with van der Waals surface area (Å²) in [5.74, 6) is 0. The van der Waals surface area contributed by atoms with Gasteiger partial charge >= 0.3 is 0 Å². The summed E-state index contributed by atoms with van der Waals surface area (Å²) in [6, 6.07) is 34.4. The van der Waals surface area contributed by atoms with Crippen molar-refractivity contribution in [2.75, 3.05) is 0 Å². The van der Waals surface area contributed by atoms with Gasteiger partial charge in [0.25, 0.3) is 0 Å². The van der Waals surface area contributed by atoms with Crippen molar-refractivity contribution in [1.82, 2.24) is 9.97 Å². The Kier molecular flexibility index (Phi) is 5.04. The summed E-state index contributed by atoms with van der Waals surface area (Å²) in [4.78, 5) is 7.28. The lowest BCUT2D eigenvalue weighted by Gasteiger charge is -2.07. The van der Waals surface area contributed by atoms with Crippen LogP contribution in [0.4, 0.5) is 0 Å². The van der Waals surface area contributed by atoms with Crippen LogP contribution in [0.1, 0.15) is 22.5 Å². The summed E-state index contributed by atoms with van der Waals surface area (Å²) in [5.41, 5.74) is 12.9. The summed E-state index contributed by atoms with van der Waals surface area (Å²) in [6.45, 7) is 4.48. The highest BCUT2D eigenvalue weighted by atomic mass is 14.7. The molecule has 7 rings (SSSR count). The average molecular weight is 475 g/mol. The maximum absolute atomic E-state index is 4.48. The second kappa shape index (κ2) is 8.69. The molecule has 2 heteroatoms. The van der Waals surface area contributed by atoms with Gasteiger partial charge in [0, 0.05) is 38.8 Å². The van der Waals surface area contributed by atoms with Crippen LogP contribution >= 0.6 is 0 Å². The molecule has 1 aliphatic carbocycles. The lowest BCUT2D eigenvalue weighted by Crippen LogP contribution is -1.89. The van der Waals surface area contributed by atoms with E-state index in [0.29, 0.717) is 0 Å². The Hall–Kier alpha value is -4.82. The van der Waals surface area contributed by atoms with Crippen LogP contribution in [0.5, 0.6) is 0 Å². The zero-order valence-corrected chi connectivity index (χ0v) is 20.5. The van der Waals surface area contributed by atoms with Crippen molar-refractivity contribution >= 4 is 39.5 Å². The van der Waals surface area contributed by atoms with Crippen LogP contribution in [0.15, 0.2) is 116 Å². The van der Waals surface area contributed by atoms with Gasteiger partial charge in [-0.15, -0.1) is 0 Å². The van der Waals surface area contributed by atoms with E-state index in [1.54, 1.807) is 0 Å². The van der Waals surface area contributed by atoms with Gasteiger partial charge in [-0.1, -0.05) is 91.5 Å². The van der Waals surface area contributed by atoms with Gasteiger partial charge in [0.15, 0.2) is 0 Å². The number of rotatable bonds is 2. The second-order valence-electron chi connectivity index (χ2n) is 9.65. The summed E-state index contributed by atoms with van der Waals surface area (Å²) in [6.07, 6.45) is 9.65. The third-order valence-corrected chi connectivity index (χ3v) is 7.36. The van der Waals surface area contributed by atoms with E-state index >= 15 is 0 Å². The molecule has 2 N–H and O–H groups in total. The fraction of sp³-hybridized carbons (Fsp3) is 0.0286. The van der Waals surface area contributed by atoms with E-state index in [4.69, 9.17) is 0 Å². The zero-order valence-electron chi connectivity index (χ0n) is 20.5. The Bertz CT molecular complexity index is 1840. The van der Waals surface area contributed by atoms with Gasteiger partial charge < -0.3 is 9.97 Å². The molecule has 0 saturated carbocycles. The normalized spacial score (nSPS) is 14.9. The number of benzene rings is 4. The van der Waals surface area contributed by atoms with Crippen molar-refractivity contribution in [3.8, 4) is 22.3 Å². The minimum atomic E-state index is 0.842. The molecule has 176 valence electrons. The molecule has 2 aromatic heterocycles. The predicted octanol–water partition coefficient (Wildman–Crippen LogP) is 9.28. The first-order chi connectivity index (χ1) is 18.2. The first kappa shape index (κ1) is 21.5. The number of fused-ring (bicyclic) bond motifs is 6. The number of allylic oxidation sites excluding steroid dienone is 3. The van der Waals surface area contributed by atoms with Crippen molar-refractivity contribution in [2.45, 2.75) is 6.42 Å².